The smallest absolute Gasteiger partial charge is 0.304 e. The van der Waals surface area contributed by atoms with Crippen LogP contribution < -0.4 is 0 Å². The molecular weight excluding hydrogens is 275 g/mol. The third-order valence-electron chi connectivity index (χ3n) is 6.81. The minimum absolute atomic E-state index is 0.0307. The molecule has 1 heterocycles. The summed E-state index contributed by atoms with van der Waals surface area (Å²) in [5.41, 5.74) is -1.03. The van der Waals surface area contributed by atoms with Crippen molar-refractivity contribution < 1.29 is 14.6 Å². The van der Waals surface area contributed by atoms with Crippen molar-refractivity contribution in [1.82, 2.24) is 0 Å². The second-order valence-electron chi connectivity index (χ2n) is 9.53. The highest BCUT2D eigenvalue weighted by atomic mass is 16.6. The summed E-state index contributed by atoms with van der Waals surface area (Å²) in [6.45, 7) is 10.7. The van der Waals surface area contributed by atoms with E-state index in [2.05, 4.69) is 20.8 Å². The summed E-state index contributed by atoms with van der Waals surface area (Å²) < 4.78 is 6.18. The summed E-state index contributed by atoms with van der Waals surface area (Å²) in [4.78, 5) is 12.7. The highest BCUT2D eigenvalue weighted by Gasteiger charge is 2.61. The van der Waals surface area contributed by atoms with Gasteiger partial charge in [-0.25, -0.2) is 0 Å². The molecule has 1 saturated heterocycles. The molecule has 1 N–H and O–H groups in total. The quantitative estimate of drug-likeness (QED) is 0.641. The van der Waals surface area contributed by atoms with Crippen LogP contribution in [0.15, 0.2) is 0 Å². The number of aliphatic hydroxyl groups is 1. The molecule has 6 atom stereocenters. The number of ether oxygens (including phenoxy) is 1. The predicted octanol–water partition coefficient (Wildman–Crippen LogP) is 3.47. The van der Waals surface area contributed by atoms with E-state index in [9.17, 15) is 9.90 Å². The first-order valence-corrected chi connectivity index (χ1v) is 9.00. The molecule has 2 saturated carbocycles. The van der Waals surface area contributed by atoms with Gasteiger partial charge in [0.25, 0.3) is 0 Å². The summed E-state index contributed by atoms with van der Waals surface area (Å²) >= 11 is 0. The van der Waals surface area contributed by atoms with Gasteiger partial charge in [-0.1, -0.05) is 40.4 Å². The van der Waals surface area contributed by atoms with E-state index in [1.165, 1.54) is 0 Å². The minimum Gasteiger partial charge on any atom is -0.459 e. The van der Waals surface area contributed by atoms with Crippen molar-refractivity contribution in [1.29, 1.82) is 0 Å². The molecule has 124 valence electrons. The maximum absolute atomic E-state index is 12.7. The van der Waals surface area contributed by atoms with E-state index in [0.717, 1.165) is 39.4 Å². The van der Waals surface area contributed by atoms with E-state index < -0.39 is 11.2 Å². The normalized spacial score (nSPS) is 53.5. The molecular formula is C18H31BO3. The van der Waals surface area contributed by atoms with Gasteiger partial charge in [-0.15, -0.1) is 0 Å². The Hall–Kier alpha value is -0.505. The lowest BCUT2D eigenvalue weighted by Crippen LogP contribution is -2.58. The second-order valence-corrected chi connectivity index (χ2v) is 9.53. The molecule has 1 aliphatic heterocycles. The molecule has 0 aromatic heterocycles. The van der Waals surface area contributed by atoms with Crippen molar-refractivity contribution in [2.45, 2.75) is 95.5 Å². The van der Waals surface area contributed by atoms with Crippen molar-refractivity contribution in [2.75, 3.05) is 0 Å². The largest absolute Gasteiger partial charge is 0.459 e. The lowest BCUT2D eigenvalue weighted by atomic mass is 9.53. The number of fused-ring (bicyclic) bond motifs is 2. The molecule has 2 aliphatic carbocycles. The van der Waals surface area contributed by atoms with Gasteiger partial charge in [-0.3, -0.25) is 4.79 Å². The van der Waals surface area contributed by atoms with Gasteiger partial charge in [0.2, 0.25) is 0 Å². The van der Waals surface area contributed by atoms with E-state index in [0.29, 0.717) is 18.2 Å². The van der Waals surface area contributed by atoms with Gasteiger partial charge in [-0.2, -0.15) is 0 Å². The summed E-state index contributed by atoms with van der Waals surface area (Å²) in [6.07, 6.45) is 5.15. The lowest BCUT2D eigenvalue weighted by molar-refractivity contribution is -0.208. The molecule has 0 radical (unpaired) electrons. The fraction of sp³-hybridized carbons (Fsp3) is 0.944. The molecule has 6 unspecified atom stereocenters. The Morgan fingerprint density at radius 2 is 1.86 bits per heavy atom. The van der Waals surface area contributed by atoms with E-state index >= 15 is 0 Å². The zero-order valence-corrected chi connectivity index (χ0v) is 14.9. The average Bonchev–Trinajstić information content (AvgIpc) is 2.95. The number of rotatable bonds is 3. The molecule has 3 fully saturated rings. The Balaban J connectivity index is 1.86. The van der Waals surface area contributed by atoms with Crippen LogP contribution in [0.25, 0.3) is 0 Å². The zero-order chi connectivity index (χ0) is 16.4. The summed E-state index contributed by atoms with van der Waals surface area (Å²) in [6, 6.07) is 0. The van der Waals surface area contributed by atoms with Gasteiger partial charge >= 0.3 is 5.97 Å². The molecule has 3 nitrogen and oxygen atoms in total. The second kappa shape index (κ2) is 4.75. The average molecular weight is 306 g/mol. The van der Waals surface area contributed by atoms with Gasteiger partial charge < -0.3 is 9.84 Å². The van der Waals surface area contributed by atoms with Crippen LogP contribution in [0.4, 0.5) is 0 Å². The fourth-order valence-electron chi connectivity index (χ4n) is 5.74. The lowest BCUT2D eigenvalue weighted by Gasteiger charge is -2.57. The topological polar surface area (TPSA) is 46.5 Å². The number of carbonyl (C=O) groups is 1. The van der Waals surface area contributed by atoms with E-state index in [4.69, 9.17) is 4.74 Å². The minimum atomic E-state index is -0.677. The van der Waals surface area contributed by atoms with Crippen LogP contribution in [0.3, 0.4) is 0 Å². The SMILES string of the molecule is CCC1(O)CC2(C)CC(C)CC(OC(=O)C3(C)BC3C)(C2)C1. The van der Waals surface area contributed by atoms with Gasteiger partial charge in [0, 0.05) is 11.7 Å². The first-order chi connectivity index (χ1) is 10.0. The molecule has 4 heteroatoms. The molecule has 0 spiro atoms. The van der Waals surface area contributed by atoms with Crippen LogP contribution >= 0.6 is 0 Å². The Morgan fingerprint density at radius 3 is 2.41 bits per heavy atom. The monoisotopic (exact) mass is 306 g/mol. The first-order valence-electron chi connectivity index (χ1n) is 9.00. The molecule has 0 amide bonds. The third kappa shape index (κ3) is 2.62. The van der Waals surface area contributed by atoms with Crippen LogP contribution in [0.2, 0.25) is 11.1 Å². The van der Waals surface area contributed by atoms with Gasteiger partial charge in [0.05, 0.1) is 5.60 Å². The third-order valence-corrected chi connectivity index (χ3v) is 6.81. The molecule has 22 heavy (non-hydrogen) atoms. The first kappa shape index (κ1) is 16.4. The zero-order valence-electron chi connectivity index (χ0n) is 14.9. The van der Waals surface area contributed by atoms with Crippen LogP contribution in [0, 0.1) is 11.3 Å². The standard InChI is InChI=1S/C18H31BO3/c1-6-17(21)9-15(4)7-12(2)8-18(10-15,11-17)22-14(20)16(5)13(3)19-16/h12-13,19,21H,6-11H2,1-5H3. The van der Waals surface area contributed by atoms with Crippen molar-refractivity contribution in [3.63, 3.8) is 0 Å². The Morgan fingerprint density at radius 1 is 1.23 bits per heavy atom. The number of esters is 1. The van der Waals surface area contributed by atoms with Crippen LogP contribution in [-0.2, 0) is 9.53 Å². The summed E-state index contributed by atoms with van der Waals surface area (Å²) in [5.74, 6) is 0.951. The van der Waals surface area contributed by atoms with E-state index in [1.807, 2.05) is 13.8 Å². The fourth-order valence-corrected chi connectivity index (χ4v) is 5.74. The Labute approximate surface area is 135 Å². The van der Waals surface area contributed by atoms with Crippen molar-refractivity contribution in [2.24, 2.45) is 11.3 Å². The van der Waals surface area contributed by atoms with Gasteiger partial charge in [-0.05, 0) is 43.4 Å². The molecule has 3 aliphatic rings. The van der Waals surface area contributed by atoms with Gasteiger partial charge in [0.15, 0.2) is 0 Å². The molecule has 0 aromatic rings. The molecule has 3 rings (SSSR count). The Kier molecular flexibility index (Phi) is 3.53. The number of hydrogen-bond donors (Lipinski definition) is 1. The Bertz CT molecular complexity index is 495. The highest BCUT2D eigenvalue weighted by molar-refractivity contribution is 6.63. The molecule has 0 aromatic carbocycles. The van der Waals surface area contributed by atoms with Crippen LogP contribution in [0.1, 0.15) is 73.1 Å². The number of hydrogen-bond acceptors (Lipinski definition) is 3. The summed E-state index contributed by atoms with van der Waals surface area (Å²) in [7, 11) is 0.937. The predicted molar refractivity (Wildman–Crippen MR) is 89.4 cm³/mol. The van der Waals surface area contributed by atoms with Crippen LogP contribution in [0.5, 0.6) is 0 Å². The number of carbonyl (C=O) groups excluding carboxylic acids is 1. The summed E-state index contributed by atoms with van der Waals surface area (Å²) in [5, 5.41) is 10.7. The molecule has 2 bridgehead atoms. The highest BCUT2D eigenvalue weighted by Crippen LogP contribution is 2.61. The van der Waals surface area contributed by atoms with Gasteiger partial charge in [0.1, 0.15) is 12.9 Å². The van der Waals surface area contributed by atoms with E-state index in [1.54, 1.807) is 0 Å². The maximum atomic E-state index is 12.7. The van der Waals surface area contributed by atoms with Crippen molar-refractivity contribution in [3.05, 3.63) is 0 Å². The van der Waals surface area contributed by atoms with E-state index in [-0.39, 0.29) is 16.7 Å². The van der Waals surface area contributed by atoms with Crippen LogP contribution in [-0.4, -0.2) is 29.6 Å². The maximum Gasteiger partial charge on any atom is 0.304 e. The van der Waals surface area contributed by atoms with Crippen molar-refractivity contribution >= 4 is 13.2 Å². The van der Waals surface area contributed by atoms with Crippen molar-refractivity contribution in [3.8, 4) is 0 Å².